The zero-order valence-corrected chi connectivity index (χ0v) is 13.1. The van der Waals surface area contributed by atoms with Crippen molar-refractivity contribution in [3.8, 4) is 5.75 Å². The number of fused-ring (bicyclic) bond motifs is 1. The van der Waals surface area contributed by atoms with Gasteiger partial charge in [0.25, 0.3) is 5.56 Å². The molecule has 1 fully saturated rings. The molecule has 1 aromatic heterocycles. The zero-order valence-electron chi connectivity index (χ0n) is 13.1. The van der Waals surface area contributed by atoms with Gasteiger partial charge in [-0.15, -0.1) is 0 Å². The summed E-state index contributed by atoms with van der Waals surface area (Å²) in [5, 5.41) is 10.5. The second-order valence-electron chi connectivity index (χ2n) is 5.40. The van der Waals surface area contributed by atoms with E-state index in [-0.39, 0.29) is 16.7 Å². The first-order chi connectivity index (χ1) is 11.8. The highest BCUT2D eigenvalue weighted by Gasteiger charge is 2.29. The van der Waals surface area contributed by atoms with Crippen LogP contribution in [0.25, 0.3) is 11.0 Å². The molecule has 0 saturated carbocycles. The molecule has 2 N–H and O–H groups in total. The Labute approximate surface area is 139 Å². The molecule has 2 aromatic rings. The molecule has 1 aliphatic heterocycles. The molecule has 0 bridgehead atoms. The van der Waals surface area contributed by atoms with Crippen molar-refractivity contribution in [3.63, 3.8) is 0 Å². The van der Waals surface area contributed by atoms with Gasteiger partial charge in [0, 0.05) is 13.1 Å². The van der Waals surface area contributed by atoms with Crippen LogP contribution >= 0.6 is 0 Å². The van der Waals surface area contributed by atoms with Crippen LogP contribution in [-0.4, -0.2) is 47.1 Å². The molecule has 0 atom stereocenters. The van der Waals surface area contributed by atoms with Crippen LogP contribution in [0.1, 0.15) is 19.3 Å². The van der Waals surface area contributed by atoms with Crippen molar-refractivity contribution in [3.05, 3.63) is 28.6 Å². The number of hydrogen-bond acceptors (Lipinski definition) is 4. The number of H-pyrrole nitrogens is 1. The van der Waals surface area contributed by atoms with Crippen molar-refractivity contribution >= 4 is 17.1 Å². The number of rotatable bonds is 2. The Hall–Kier alpha value is -2.65. The van der Waals surface area contributed by atoms with Crippen LogP contribution in [0.15, 0.2) is 27.5 Å². The number of piperidine rings is 1. The molecule has 3 rings (SSSR count). The van der Waals surface area contributed by atoms with Crippen LogP contribution in [0.5, 0.6) is 5.75 Å². The fourth-order valence-electron chi connectivity index (χ4n) is 2.34. The number of nitrogens with zero attached hydrogens (tertiary/aromatic N) is 1. The number of halogens is 3. The fraction of sp³-hybridized carbons (Fsp3) is 0.467. The molecule has 0 unspecified atom stereocenters. The lowest BCUT2D eigenvalue weighted by Crippen LogP contribution is -2.34. The highest BCUT2D eigenvalue weighted by Crippen LogP contribution is 2.24. The van der Waals surface area contributed by atoms with Crippen LogP contribution in [0, 0.1) is 0 Å². The Morgan fingerprint density at radius 3 is 2.52 bits per heavy atom. The molecule has 2 heterocycles. The summed E-state index contributed by atoms with van der Waals surface area (Å²) in [6.45, 7) is 0.0153. The molecule has 138 valence electrons. The third kappa shape index (κ3) is 5.44. The molecule has 10 heteroatoms. The Kier molecular flexibility index (Phi) is 5.94. The van der Waals surface area contributed by atoms with Crippen LogP contribution in [-0.2, 0) is 0 Å². The number of likely N-dealkylation sites (tertiary alicyclic amines) is 1. The van der Waals surface area contributed by atoms with Crippen molar-refractivity contribution in [2.75, 3.05) is 19.7 Å². The Bertz CT molecular complexity index is 762. The van der Waals surface area contributed by atoms with Gasteiger partial charge in [0.15, 0.2) is 12.2 Å². The molecule has 0 radical (unpaired) electrons. The van der Waals surface area contributed by atoms with E-state index in [9.17, 15) is 22.8 Å². The number of aromatic nitrogens is 1. The van der Waals surface area contributed by atoms with E-state index in [4.69, 9.17) is 9.63 Å². The van der Waals surface area contributed by atoms with Crippen molar-refractivity contribution in [2.45, 2.75) is 25.4 Å². The van der Waals surface area contributed by atoms with E-state index in [1.165, 1.54) is 29.5 Å². The second kappa shape index (κ2) is 7.95. The van der Waals surface area contributed by atoms with Crippen LogP contribution in [0.2, 0.25) is 0 Å². The van der Waals surface area contributed by atoms with E-state index in [2.05, 4.69) is 4.74 Å². The molecular formula is C15H17F3N2O5. The summed E-state index contributed by atoms with van der Waals surface area (Å²) in [4.78, 5) is 23.0. The van der Waals surface area contributed by atoms with E-state index in [0.717, 1.165) is 25.9 Å². The summed E-state index contributed by atoms with van der Waals surface area (Å²) in [7, 11) is 0. The third-order valence-electron chi connectivity index (χ3n) is 3.49. The number of aromatic amines is 1. The molecule has 25 heavy (non-hydrogen) atoms. The normalized spacial score (nSPS) is 14.8. The predicted molar refractivity (Wildman–Crippen MR) is 81.8 cm³/mol. The number of nitrogens with one attached hydrogen (secondary N) is 1. The number of amides is 1. The van der Waals surface area contributed by atoms with Gasteiger partial charge in [0.1, 0.15) is 11.1 Å². The standard InChI is InChI=1S/C9H6F3NO3.C6H11NO2/c10-9(11,12)4-15-5-2-1-3-6-7(5)8(14)13-16-6;8-6(9)7-4-2-1-3-5-7/h1-3H,4H2,(H,13,14);1-5H2,(H,8,9). The van der Waals surface area contributed by atoms with Gasteiger partial charge < -0.3 is 19.3 Å². The van der Waals surface area contributed by atoms with Gasteiger partial charge in [0.2, 0.25) is 0 Å². The topological polar surface area (TPSA) is 95.8 Å². The summed E-state index contributed by atoms with van der Waals surface area (Å²) in [6.07, 6.45) is -1.96. The van der Waals surface area contributed by atoms with E-state index >= 15 is 0 Å². The van der Waals surface area contributed by atoms with Crippen molar-refractivity contribution in [2.24, 2.45) is 0 Å². The number of hydrogen-bond donors (Lipinski definition) is 2. The fourth-order valence-corrected chi connectivity index (χ4v) is 2.34. The lowest BCUT2D eigenvalue weighted by molar-refractivity contribution is -0.153. The summed E-state index contributed by atoms with van der Waals surface area (Å²) in [5.74, 6) is -0.148. The van der Waals surface area contributed by atoms with Gasteiger partial charge in [-0.25, -0.2) is 4.79 Å². The summed E-state index contributed by atoms with van der Waals surface area (Å²) in [5.41, 5.74) is -0.461. The molecular weight excluding hydrogens is 345 g/mol. The van der Waals surface area contributed by atoms with Crippen molar-refractivity contribution in [1.29, 1.82) is 0 Å². The average Bonchev–Trinajstić information content (AvgIpc) is 2.96. The van der Waals surface area contributed by atoms with E-state index < -0.39 is 24.4 Å². The minimum absolute atomic E-state index is 0.0215. The van der Waals surface area contributed by atoms with E-state index in [1.807, 2.05) is 5.16 Å². The number of benzene rings is 1. The maximum atomic E-state index is 11.9. The lowest BCUT2D eigenvalue weighted by atomic mass is 10.1. The minimum atomic E-state index is -4.45. The maximum absolute atomic E-state index is 11.9. The first-order valence-electron chi connectivity index (χ1n) is 7.55. The van der Waals surface area contributed by atoms with Gasteiger partial charge in [-0.1, -0.05) is 6.07 Å². The monoisotopic (exact) mass is 362 g/mol. The third-order valence-corrected chi connectivity index (χ3v) is 3.49. The highest BCUT2D eigenvalue weighted by atomic mass is 19.4. The molecule has 1 aliphatic rings. The number of ether oxygens (including phenoxy) is 1. The summed E-state index contributed by atoms with van der Waals surface area (Å²) in [6, 6.07) is 4.16. The Balaban J connectivity index is 0.000000212. The molecule has 1 saturated heterocycles. The molecule has 1 aromatic carbocycles. The smallest absolute Gasteiger partial charge is 0.422 e. The van der Waals surface area contributed by atoms with Gasteiger partial charge in [-0.05, 0) is 31.4 Å². The van der Waals surface area contributed by atoms with Crippen molar-refractivity contribution < 1.29 is 32.3 Å². The van der Waals surface area contributed by atoms with Crippen molar-refractivity contribution in [1.82, 2.24) is 10.1 Å². The maximum Gasteiger partial charge on any atom is 0.422 e. The first kappa shape index (κ1) is 18.7. The zero-order chi connectivity index (χ0) is 18.4. The van der Waals surface area contributed by atoms with Crippen LogP contribution in [0.3, 0.4) is 0 Å². The van der Waals surface area contributed by atoms with Crippen LogP contribution < -0.4 is 10.3 Å². The predicted octanol–water partition coefficient (Wildman–Crippen LogP) is 3.21. The Morgan fingerprint density at radius 1 is 1.28 bits per heavy atom. The van der Waals surface area contributed by atoms with Gasteiger partial charge in [-0.3, -0.25) is 4.79 Å². The minimum Gasteiger partial charge on any atom is -0.483 e. The molecule has 7 nitrogen and oxygen atoms in total. The largest absolute Gasteiger partial charge is 0.483 e. The number of alkyl halides is 3. The van der Waals surface area contributed by atoms with Gasteiger partial charge >= 0.3 is 12.3 Å². The molecule has 1 amide bonds. The van der Waals surface area contributed by atoms with Gasteiger partial charge in [0.05, 0.1) is 0 Å². The molecule has 0 spiro atoms. The van der Waals surface area contributed by atoms with Crippen LogP contribution in [0.4, 0.5) is 18.0 Å². The highest BCUT2D eigenvalue weighted by molar-refractivity contribution is 5.82. The lowest BCUT2D eigenvalue weighted by Gasteiger charge is -2.22. The van der Waals surface area contributed by atoms with E-state index in [0.29, 0.717) is 0 Å². The average molecular weight is 362 g/mol. The SMILES string of the molecule is O=C(O)N1CCCCC1.O=c1[nH]oc2cccc(OCC(F)(F)F)c12. The first-order valence-corrected chi connectivity index (χ1v) is 7.55. The number of carbonyl (C=O) groups is 1. The van der Waals surface area contributed by atoms with Gasteiger partial charge in [-0.2, -0.15) is 18.3 Å². The Morgan fingerprint density at radius 2 is 1.96 bits per heavy atom. The number of carboxylic acid groups (broad SMARTS) is 1. The molecule has 0 aliphatic carbocycles. The van der Waals surface area contributed by atoms with E-state index in [1.54, 1.807) is 0 Å². The summed E-state index contributed by atoms with van der Waals surface area (Å²) < 4.78 is 45.0. The quantitative estimate of drug-likeness (QED) is 0.855. The second-order valence-corrected chi connectivity index (χ2v) is 5.40. The summed E-state index contributed by atoms with van der Waals surface area (Å²) >= 11 is 0.